The summed E-state index contributed by atoms with van der Waals surface area (Å²) in [6.07, 6.45) is 0. The van der Waals surface area contributed by atoms with Crippen LogP contribution in [0.4, 0.5) is 4.39 Å². The molecule has 0 radical (unpaired) electrons. The summed E-state index contributed by atoms with van der Waals surface area (Å²) in [5.41, 5.74) is 3.45. The Labute approximate surface area is 68.8 Å². The van der Waals surface area contributed by atoms with E-state index in [4.69, 9.17) is 4.84 Å². The van der Waals surface area contributed by atoms with Gasteiger partial charge in [-0.25, -0.2) is 14.9 Å². The first-order chi connectivity index (χ1) is 5.86. The molecule has 62 valence electrons. The number of nitrogens with zero attached hydrogens (tertiary/aromatic N) is 1. The monoisotopic (exact) mass is 166 g/mol. The van der Waals surface area contributed by atoms with Crippen molar-refractivity contribution in [2.45, 2.75) is 0 Å². The minimum Gasteiger partial charge on any atom is -0.251 e. The lowest BCUT2D eigenvalue weighted by Crippen LogP contribution is -2.17. The second-order valence-corrected chi connectivity index (χ2v) is 2.39. The quantitative estimate of drug-likeness (QED) is 0.676. The molecule has 0 saturated carbocycles. The van der Waals surface area contributed by atoms with Crippen LogP contribution in [0.15, 0.2) is 29.3 Å². The molecule has 1 N–H and O–H groups in total. The van der Waals surface area contributed by atoms with Gasteiger partial charge in [0.25, 0.3) is 0 Å². The Kier molecular flexibility index (Phi) is 1.75. The first kappa shape index (κ1) is 7.24. The van der Waals surface area contributed by atoms with E-state index >= 15 is 0 Å². The smallest absolute Gasteiger partial charge is 0.167 e. The van der Waals surface area contributed by atoms with Gasteiger partial charge in [-0.05, 0) is 24.3 Å². The van der Waals surface area contributed by atoms with Gasteiger partial charge >= 0.3 is 0 Å². The third kappa shape index (κ3) is 1.29. The average molecular weight is 166 g/mol. The Morgan fingerprint density at radius 3 is 2.67 bits per heavy atom. The first-order valence-electron chi connectivity index (χ1n) is 3.54. The van der Waals surface area contributed by atoms with Gasteiger partial charge in [0.05, 0.1) is 0 Å². The molecule has 0 aromatic heterocycles. The molecule has 3 nitrogen and oxygen atoms in total. The molecule has 1 aromatic rings. The molecule has 4 heteroatoms. The van der Waals surface area contributed by atoms with Crippen molar-refractivity contribution in [1.82, 2.24) is 5.48 Å². The highest BCUT2D eigenvalue weighted by molar-refractivity contribution is 5.98. The first-order valence-corrected chi connectivity index (χ1v) is 3.54. The predicted molar refractivity (Wildman–Crippen MR) is 42.0 cm³/mol. The number of amidine groups is 1. The topological polar surface area (TPSA) is 33.6 Å². The zero-order chi connectivity index (χ0) is 8.39. The number of hydroxylamine groups is 1. The van der Waals surface area contributed by atoms with Crippen molar-refractivity contribution < 1.29 is 9.23 Å². The zero-order valence-electron chi connectivity index (χ0n) is 6.25. The predicted octanol–water partition coefficient (Wildman–Crippen LogP) is 1.06. The van der Waals surface area contributed by atoms with E-state index in [9.17, 15) is 4.39 Å². The van der Waals surface area contributed by atoms with E-state index in [1.54, 1.807) is 12.1 Å². The standard InChI is InChI=1S/C8H7FN2O/c9-7-3-1-6(2-4-7)8-10-5-12-11-8/h1-4H,5H2,(H,10,11). The van der Waals surface area contributed by atoms with E-state index in [1.165, 1.54) is 12.1 Å². The van der Waals surface area contributed by atoms with Gasteiger partial charge in [0, 0.05) is 5.56 Å². The maximum atomic E-state index is 12.5. The van der Waals surface area contributed by atoms with Gasteiger partial charge in [-0.1, -0.05) is 0 Å². The maximum Gasteiger partial charge on any atom is 0.167 e. The number of benzene rings is 1. The fraction of sp³-hybridized carbons (Fsp3) is 0.125. The van der Waals surface area contributed by atoms with Crippen LogP contribution >= 0.6 is 0 Å². The van der Waals surface area contributed by atoms with Crippen LogP contribution in [0.3, 0.4) is 0 Å². The second kappa shape index (κ2) is 2.91. The van der Waals surface area contributed by atoms with E-state index in [1.807, 2.05) is 0 Å². The fourth-order valence-electron chi connectivity index (χ4n) is 0.988. The van der Waals surface area contributed by atoms with Crippen LogP contribution in [-0.2, 0) is 4.84 Å². The fourth-order valence-corrected chi connectivity index (χ4v) is 0.988. The summed E-state index contributed by atoms with van der Waals surface area (Å²) in [6.45, 7) is 0.312. The highest BCUT2D eigenvalue weighted by atomic mass is 19.1. The molecular formula is C8H7FN2O. The summed E-state index contributed by atoms with van der Waals surface area (Å²) in [5, 5.41) is 0. The number of hydrogen-bond acceptors (Lipinski definition) is 3. The summed E-state index contributed by atoms with van der Waals surface area (Å²) in [4.78, 5) is 8.79. The number of halogens is 1. The van der Waals surface area contributed by atoms with E-state index in [2.05, 4.69) is 10.5 Å². The summed E-state index contributed by atoms with van der Waals surface area (Å²) in [6, 6.07) is 6.07. The lowest BCUT2D eigenvalue weighted by molar-refractivity contribution is 0.115. The van der Waals surface area contributed by atoms with E-state index in [0.29, 0.717) is 12.6 Å². The molecule has 0 atom stereocenters. The average Bonchev–Trinajstić information content (AvgIpc) is 2.58. The highest BCUT2D eigenvalue weighted by Gasteiger charge is 2.07. The van der Waals surface area contributed by atoms with Crippen LogP contribution in [0.5, 0.6) is 0 Å². The van der Waals surface area contributed by atoms with Crippen LogP contribution < -0.4 is 5.48 Å². The molecule has 0 fully saturated rings. The van der Waals surface area contributed by atoms with Crippen LogP contribution in [-0.4, -0.2) is 12.6 Å². The van der Waals surface area contributed by atoms with Gasteiger partial charge < -0.3 is 0 Å². The zero-order valence-corrected chi connectivity index (χ0v) is 6.25. The normalized spacial score (nSPS) is 15.6. The minimum atomic E-state index is -0.252. The molecule has 0 amide bonds. The molecule has 2 rings (SSSR count). The molecule has 0 bridgehead atoms. The molecule has 0 unspecified atom stereocenters. The molecule has 1 aliphatic rings. The largest absolute Gasteiger partial charge is 0.251 e. The Bertz CT molecular complexity index is 307. The van der Waals surface area contributed by atoms with E-state index in [-0.39, 0.29) is 5.82 Å². The van der Waals surface area contributed by atoms with Crippen LogP contribution in [0.1, 0.15) is 5.56 Å². The van der Waals surface area contributed by atoms with Crippen molar-refractivity contribution in [2.24, 2.45) is 4.99 Å². The van der Waals surface area contributed by atoms with Crippen molar-refractivity contribution in [3.05, 3.63) is 35.6 Å². The summed E-state index contributed by atoms with van der Waals surface area (Å²) >= 11 is 0. The van der Waals surface area contributed by atoms with Gasteiger partial charge in [0.1, 0.15) is 5.82 Å². The summed E-state index contributed by atoms with van der Waals surface area (Å²) < 4.78 is 12.5. The third-order valence-corrected chi connectivity index (χ3v) is 1.57. The van der Waals surface area contributed by atoms with E-state index < -0.39 is 0 Å². The number of aliphatic imine (C=N–C) groups is 1. The van der Waals surface area contributed by atoms with Crippen molar-refractivity contribution in [3.63, 3.8) is 0 Å². The minimum absolute atomic E-state index is 0.252. The summed E-state index contributed by atoms with van der Waals surface area (Å²) in [7, 11) is 0. The molecule has 12 heavy (non-hydrogen) atoms. The Balaban J connectivity index is 2.28. The molecule has 0 saturated heterocycles. The van der Waals surface area contributed by atoms with Crippen molar-refractivity contribution in [3.8, 4) is 0 Å². The van der Waals surface area contributed by atoms with Crippen molar-refractivity contribution in [2.75, 3.05) is 6.73 Å². The lowest BCUT2D eigenvalue weighted by Gasteiger charge is -1.99. The second-order valence-electron chi connectivity index (χ2n) is 2.39. The Hall–Kier alpha value is -1.42. The molecular weight excluding hydrogens is 159 g/mol. The van der Waals surface area contributed by atoms with E-state index in [0.717, 1.165) is 5.56 Å². The molecule has 1 aliphatic heterocycles. The Morgan fingerprint density at radius 2 is 2.08 bits per heavy atom. The van der Waals surface area contributed by atoms with Crippen LogP contribution in [0.25, 0.3) is 0 Å². The SMILES string of the molecule is Fc1ccc(C2=NCON2)cc1. The molecule has 1 heterocycles. The third-order valence-electron chi connectivity index (χ3n) is 1.57. The number of rotatable bonds is 1. The molecule has 1 aromatic carbocycles. The number of nitrogens with one attached hydrogen (secondary N) is 1. The maximum absolute atomic E-state index is 12.5. The van der Waals surface area contributed by atoms with Crippen molar-refractivity contribution in [1.29, 1.82) is 0 Å². The lowest BCUT2D eigenvalue weighted by atomic mass is 10.2. The Morgan fingerprint density at radius 1 is 1.33 bits per heavy atom. The highest BCUT2D eigenvalue weighted by Crippen LogP contribution is 2.05. The molecule has 0 aliphatic carbocycles. The van der Waals surface area contributed by atoms with Crippen LogP contribution in [0.2, 0.25) is 0 Å². The van der Waals surface area contributed by atoms with Gasteiger partial charge in [-0.3, -0.25) is 4.84 Å². The van der Waals surface area contributed by atoms with Gasteiger partial charge in [0.2, 0.25) is 0 Å². The van der Waals surface area contributed by atoms with Gasteiger partial charge in [-0.2, -0.15) is 0 Å². The van der Waals surface area contributed by atoms with Gasteiger partial charge in [-0.15, -0.1) is 0 Å². The van der Waals surface area contributed by atoms with Crippen molar-refractivity contribution >= 4 is 5.84 Å². The number of hydrogen-bond donors (Lipinski definition) is 1. The van der Waals surface area contributed by atoms with Gasteiger partial charge in [0.15, 0.2) is 12.6 Å². The molecule has 0 spiro atoms. The summed E-state index contributed by atoms with van der Waals surface area (Å²) in [5.74, 6) is 0.397. The van der Waals surface area contributed by atoms with Crippen LogP contribution in [0, 0.1) is 5.82 Å².